The van der Waals surface area contributed by atoms with Gasteiger partial charge in [-0.15, -0.1) is 0 Å². The van der Waals surface area contributed by atoms with Gasteiger partial charge in [-0.25, -0.2) is 9.18 Å². The van der Waals surface area contributed by atoms with Gasteiger partial charge in [-0.3, -0.25) is 9.59 Å². The summed E-state index contributed by atoms with van der Waals surface area (Å²) < 4.78 is 19.1. The number of H-pyrrole nitrogens is 1. The number of benzene rings is 3. The number of amides is 2. The van der Waals surface area contributed by atoms with Crippen LogP contribution in [0, 0.1) is 5.82 Å². The molecule has 4 aromatic rings. The fourth-order valence-corrected chi connectivity index (χ4v) is 3.70. The van der Waals surface area contributed by atoms with Gasteiger partial charge in [-0.05, 0) is 29.3 Å². The van der Waals surface area contributed by atoms with Crippen LogP contribution in [0.1, 0.15) is 33.6 Å². The van der Waals surface area contributed by atoms with Crippen molar-refractivity contribution in [2.75, 3.05) is 0 Å². The standard InChI is InChI=1S/C25H20FN3O4/c26-17-11-12-20-18(13-17)19(14-28-20)22(30)24(31)29-21(15-7-3-1-4-8-15)23(33-25(27)32)16-9-5-2-6-10-16/h1-14,21,23,28H,(H2,27,32)(H,29,31)/t21-,23-/m1/s1. The Morgan fingerprint density at radius 2 is 1.55 bits per heavy atom. The number of carbonyl (C=O) groups excluding carboxylic acids is 3. The second-order valence-corrected chi connectivity index (χ2v) is 7.35. The van der Waals surface area contributed by atoms with Crippen LogP contribution in [0.3, 0.4) is 0 Å². The van der Waals surface area contributed by atoms with Gasteiger partial charge in [0.05, 0.1) is 11.6 Å². The molecule has 2 atom stereocenters. The van der Waals surface area contributed by atoms with Gasteiger partial charge in [0, 0.05) is 17.1 Å². The number of nitrogens with two attached hydrogens (primary N) is 1. The highest BCUT2D eigenvalue weighted by Gasteiger charge is 2.32. The lowest BCUT2D eigenvalue weighted by atomic mass is 9.95. The number of aromatic nitrogens is 1. The van der Waals surface area contributed by atoms with Gasteiger partial charge in [0.2, 0.25) is 0 Å². The summed E-state index contributed by atoms with van der Waals surface area (Å²) in [6, 6.07) is 20.5. The largest absolute Gasteiger partial charge is 0.439 e. The van der Waals surface area contributed by atoms with Crippen LogP contribution in [0.5, 0.6) is 0 Å². The zero-order chi connectivity index (χ0) is 23.4. The molecular weight excluding hydrogens is 425 g/mol. The van der Waals surface area contributed by atoms with Gasteiger partial charge in [-0.2, -0.15) is 0 Å². The normalized spacial score (nSPS) is 12.6. The maximum atomic E-state index is 13.7. The molecule has 4 N–H and O–H groups in total. The van der Waals surface area contributed by atoms with Crippen molar-refractivity contribution in [3.05, 3.63) is 108 Å². The highest BCUT2D eigenvalue weighted by Crippen LogP contribution is 2.32. The lowest BCUT2D eigenvalue weighted by Gasteiger charge is -2.28. The number of primary amides is 1. The smallest absolute Gasteiger partial charge is 0.405 e. The molecule has 0 unspecified atom stereocenters. The molecule has 166 valence electrons. The average molecular weight is 445 g/mol. The fourth-order valence-electron chi connectivity index (χ4n) is 3.70. The van der Waals surface area contributed by atoms with Crippen molar-refractivity contribution < 1.29 is 23.5 Å². The van der Waals surface area contributed by atoms with E-state index in [1.165, 1.54) is 24.4 Å². The Morgan fingerprint density at radius 1 is 0.909 bits per heavy atom. The number of fused-ring (bicyclic) bond motifs is 1. The molecule has 3 aromatic carbocycles. The summed E-state index contributed by atoms with van der Waals surface area (Å²) in [6.07, 6.45) is -0.668. The van der Waals surface area contributed by atoms with Crippen molar-refractivity contribution in [1.29, 1.82) is 0 Å². The first kappa shape index (κ1) is 21.8. The first-order valence-electron chi connectivity index (χ1n) is 10.1. The molecular formula is C25H20FN3O4. The molecule has 0 aliphatic heterocycles. The van der Waals surface area contributed by atoms with Crippen molar-refractivity contribution in [2.45, 2.75) is 12.1 Å². The van der Waals surface area contributed by atoms with Gasteiger partial charge >= 0.3 is 6.09 Å². The van der Waals surface area contributed by atoms with E-state index >= 15 is 0 Å². The SMILES string of the molecule is NC(=O)O[C@H](c1ccccc1)[C@H](NC(=O)C(=O)c1c[nH]c2ccc(F)cc12)c1ccccc1. The molecule has 33 heavy (non-hydrogen) atoms. The van der Waals surface area contributed by atoms with Crippen LogP contribution in [0.4, 0.5) is 9.18 Å². The number of ketones is 1. The molecule has 2 amide bonds. The minimum atomic E-state index is -1.03. The average Bonchev–Trinajstić information content (AvgIpc) is 3.24. The molecule has 0 spiro atoms. The fraction of sp³-hybridized carbons (Fsp3) is 0.0800. The van der Waals surface area contributed by atoms with Gasteiger partial charge in [0.25, 0.3) is 11.7 Å². The van der Waals surface area contributed by atoms with E-state index in [2.05, 4.69) is 10.3 Å². The molecule has 1 aromatic heterocycles. The molecule has 4 rings (SSSR count). The predicted octanol–water partition coefficient (Wildman–Crippen LogP) is 4.18. The Labute approximate surface area is 188 Å². The molecule has 0 saturated heterocycles. The Morgan fingerprint density at radius 3 is 2.18 bits per heavy atom. The quantitative estimate of drug-likeness (QED) is 0.292. The first-order chi connectivity index (χ1) is 15.9. The highest BCUT2D eigenvalue weighted by molar-refractivity contribution is 6.45. The van der Waals surface area contributed by atoms with Crippen LogP contribution in [0.25, 0.3) is 10.9 Å². The zero-order valence-electron chi connectivity index (χ0n) is 17.3. The summed E-state index contributed by atoms with van der Waals surface area (Å²) in [7, 11) is 0. The van der Waals surface area contributed by atoms with E-state index in [-0.39, 0.29) is 5.56 Å². The Kier molecular flexibility index (Phi) is 6.17. The van der Waals surface area contributed by atoms with Crippen LogP contribution in [-0.2, 0) is 9.53 Å². The Hall–Kier alpha value is -4.46. The number of hydrogen-bond acceptors (Lipinski definition) is 4. The molecule has 0 bridgehead atoms. The summed E-state index contributed by atoms with van der Waals surface area (Å²) >= 11 is 0. The van der Waals surface area contributed by atoms with Gasteiger partial charge in [0.1, 0.15) is 5.82 Å². The van der Waals surface area contributed by atoms with Gasteiger partial charge in [0.15, 0.2) is 6.10 Å². The van der Waals surface area contributed by atoms with Crippen molar-refractivity contribution in [3.8, 4) is 0 Å². The third kappa shape index (κ3) is 4.74. The maximum Gasteiger partial charge on any atom is 0.405 e. The van der Waals surface area contributed by atoms with Crippen LogP contribution in [0.2, 0.25) is 0 Å². The molecule has 0 aliphatic rings. The number of halogens is 1. The molecule has 0 fully saturated rings. The monoisotopic (exact) mass is 445 g/mol. The van der Waals surface area contributed by atoms with Crippen molar-refractivity contribution in [2.24, 2.45) is 5.73 Å². The summed E-state index contributed by atoms with van der Waals surface area (Å²) in [5.41, 5.74) is 7.03. The summed E-state index contributed by atoms with van der Waals surface area (Å²) in [5.74, 6) is -2.33. The highest BCUT2D eigenvalue weighted by atomic mass is 19.1. The predicted molar refractivity (Wildman–Crippen MR) is 120 cm³/mol. The van der Waals surface area contributed by atoms with E-state index < -0.39 is 35.7 Å². The number of ether oxygens (including phenoxy) is 1. The van der Waals surface area contributed by atoms with Crippen LogP contribution in [-0.4, -0.2) is 22.8 Å². The van der Waals surface area contributed by atoms with Crippen molar-refractivity contribution >= 4 is 28.7 Å². The lowest BCUT2D eigenvalue weighted by molar-refractivity contribution is -0.118. The van der Waals surface area contributed by atoms with Crippen LogP contribution < -0.4 is 11.1 Å². The van der Waals surface area contributed by atoms with E-state index in [0.29, 0.717) is 22.0 Å². The summed E-state index contributed by atoms with van der Waals surface area (Å²) in [4.78, 5) is 40.6. The summed E-state index contributed by atoms with van der Waals surface area (Å²) in [6.45, 7) is 0. The van der Waals surface area contributed by atoms with E-state index in [9.17, 15) is 18.8 Å². The molecule has 0 aliphatic carbocycles. The molecule has 0 radical (unpaired) electrons. The zero-order valence-corrected chi connectivity index (χ0v) is 17.3. The van der Waals surface area contributed by atoms with E-state index in [1.54, 1.807) is 60.7 Å². The number of nitrogens with one attached hydrogen (secondary N) is 2. The second-order valence-electron chi connectivity index (χ2n) is 7.35. The van der Waals surface area contributed by atoms with E-state index in [1.807, 2.05) is 0 Å². The first-order valence-corrected chi connectivity index (χ1v) is 10.1. The van der Waals surface area contributed by atoms with Crippen molar-refractivity contribution in [1.82, 2.24) is 10.3 Å². The van der Waals surface area contributed by atoms with Crippen LogP contribution in [0.15, 0.2) is 85.1 Å². The minimum absolute atomic E-state index is 0.0286. The van der Waals surface area contributed by atoms with E-state index in [4.69, 9.17) is 10.5 Å². The maximum absolute atomic E-state index is 13.7. The molecule has 1 heterocycles. The van der Waals surface area contributed by atoms with Gasteiger partial charge in [-0.1, -0.05) is 60.7 Å². The molecule has 0 saturated carbocycles. The third-order valence-corrected chi connectivity index (χ3v) is 5.21. The minimum Gasteiger partial charge on any atom is -0.439 e. The number of aromatic amines is 1. The summed E-state index contributed by atoms with van der Waals surface area (Å²) in [5, 5.41) is 2.97. The molecule has 8 heteroatoms. The lowest BCUT2D eigenvalue weighted by Crippen LogP contribution is -2.39. The third-order valence-electron chi connectivity index (χ3n) is 5.21. The number of carbonyl (C=O) groups is 3. The number of hydrogen-bond donors (Lipinski definition) is 3. The van der Waals surface area contributed by atoms with Crippen LogP contribution >= 0.6 is 0 Å². The van der Waals surface area contributed by atoms with Crippen molar-refractivity contribution in [3.63, 3.8) is 0 Å². The Balaban J connectivity index is 1.70. The Bertz CT molecular complexity index is 1310. The van der Waals surface area contributed by atoms with E-state index in [0.717, 1.165) is 0 Å². The number of rotatable bonds is 7. The number of Topliss-reactive ketones (excluding diaryl/α,β-unsaturated/α-hetero) is 1. The second kappa shape index (κ2) is 9.35. The van der Waals surface area contributed by atoms with Gasteiger partial charge < -0.3 is 20.8 Å². The molecule has 7 nitrogen and oxygen atoms in total. The topological polar surface area (TPSA) is 114 Å².